The van der Waals surface area contributed by atoms with Gasteiger partial charge in [0.2, 0.25) is 5.91 Å². The number of hydrogen-bond acceptors (Lipinski definition) is 6. The summed E-state index contributed by atoms with van der Waals surface area (Å²) in [4.78, 5) is 46.1. The van der Waals surface area contributed by atoms with E-state index in [9.17, 15) is 14.4 Å². The van der Waals surface area contributed by atoms with Gasteiger partial charge in [-0.05, 0) is 44.4 Å². The van der Waals surface area contributed by atoms with E-state index in [1.807, 2.05) is 6.92 Å². The van der Waals surface area contributed by atoms with Crippen molar-refractivity contribution in [2.45, 2.75) is 70.6 Å². The van der Waals surface area contributed by atoms with Gasteiger partial charge in [-0.25, -0.2) is 4.98 Å². The van der Waals surface area contributed by atoms with E-state index in [2.05, 4.69) is 15.6 Å². The fourth-order valence-electron chi connectivity index (χ4n) is 5.12. The lowest BCUT2D eigenvalue weighted by molar-refractivity contribution is -0.133. The molecule has 2 heterocycles. The molecule has 0 bridgehead atoms. The Labute approximate surface area is 211 Å². The van der Waals surface area contributed by atoms with Gasteiger partial charge in [0, 0.05) is 24.7 Å². The molecule has 2 aliphatic rings. The van der Waals surface area contributed by atoms with Gasteiger partial charge in [-0.1, -0.05) is 19.8 Å². The molecule has 0 saturated heterocycles. The fourth-order valence-corrected chi connectivity index (χ4v) is 5.12. The molecule has 4 rings (SSSR count). The molecule has 1 aromatic heterocycles. The Bertz CT molecular complexity index is 1140. The highest BCUT2D eigenvalue weighted by Gasteiger charge is 2.48. The summed E-state index contributed by atoms with van der Waals surface area (Å²) in [5.74, 6) is 0.245. The SMILES string of the molecule is CCCN1C(=O)c2c(C(=O)NCc3cc(OC)ccc3OC)ncn2CC1(C)C(=O)NC1CCCC1. The molecule has 36 heavy (non-hydrogen) atoms. The van der Waals surface area contributed by atoms with E-state index in [1.165, 1.54) is 6.33 Å². The van der Waals surface area contributed by atoms with Gasteiger partial charge in [-0.15, -0.1) is 0 Å². The number of amides is 3. The van der Waals surface area contributed by atoms with Crippen molar-refractivity contribution in [2.75, 3.05) is 20.8 Å². The van der Waals surface area contributed by atoms with Gasteiger partial charge >= 0.3 is 0 Å². The van der Waals surface area contributed by atoms with Crippen LogP contribution in [0, 0.1) is 0 Å². The van der Waals surface area contributed by atoms with Crippen molar-refractivity contribution in [3.8, 4) is 11.5 Å². The molecule has 2 aromatic rings. The molecule has 10 nitrogen and oxygen atoms in total. The highest BCUT2D eigenvalue weighted by atomic mass is 16.5. The summed E-state index contributed by atoms with van der Waals surface area (Å²) in [6.45, 7) is 4.56. The molecule has 1 saturated carbocycles. The molecule has 10 heteroatoms. The number of carbonyl (C=O) groups is 3. The van der Waals surface area contributed by atoms with Gasteiger partial charge in [0.15, 0.2) is 5.69 Å². The minimum atomic E-state index is -1.06. The van der Waals surface area contributed by atoms with Crippen molar-refractivity contribution in [1.29, 1.82) is 0 Å². The lowest BCUT2D eigenvalue weighted by Crippen LogP contribution is -2.65. The molecule has 1 aliphatic heterocycles. The number of fused-ring (bicyclic) bond motifs is 1. The predicted molar refractivity (Wildman–Crippen MR) is 133 cm³/mol. The fraction of sp³-hybridized carbons (Fsp3) is 0.538. The third-order valence-electron chi connectivity index (χ3n) is 7.13. The minimum absolute atomic E-state index is 0.0428. The first-order valence-corrected chi connectivity index (χ1v) is 12.5. The zero-order valence-electron chi connectivity index (χ0n) is 21.4. The third-order valence-corrected chi connectivity index (χ3v) is 7.13. The summed E-state index contributed by atoms with van der Waals surface area (Å²) < 4.78 is 12.3. The molecule has 0 spiro atoms. The van der Waals surface area contributed by atoms with Crippen LogP contribution >= 0.6 is 0 Å². The second-order valence-electron chi connectivity index (χ2n) is 9.62. The molecule has 1 aromatic carbocycles. The Morgan fingerprint density at radius 1 is 1.19 bits per heavy atom. The van der Waals surface area contributed by atoms with Gasteiger partial charge in [0.05, 0.1) is 27.1 Å². The number of benzene rings is 1. The van der Waals surface area contributed by atoms with E-state index >= 15 is 0 Å². The lowest BCUT2D eigenvalue weighted by Gasteiger charge is -2.44. The van der Waals surface area contributed by atoms with Crippen molar-refractivity contribution in [3.63, 3.8) is 0 Å². The van der Waals surface area contributed by atoms with Crippen LogP contribution < -0.4 is 20.1 Å². The van der Waals surface area contributed by atoms with Crippen molar-refractivity contribution in [2.24, 2.45) is 0 Å². The van der Waals surface area contributed by atoms with Crippen molar-refractivity contribution >= 4 is 17.7 Å². The van der Waals surface area contributed by atoms with Crippen LogP contribution in [0.3, 0.4) is 0 Å². The molecule has 2 N–H and O–H groups in total. The summed E-state index contributed by atoms with van der Waals surface area (Å²) in [6, 6.07) is 5.47. The molecule has 1 aliphatic carbocycles. The second kappa shape index (κ2) is 10.6. The summed E-state index contributed by atoms with van der Waals surface area (Å²) in [7, 11) is 3.12. The van der Waals surface area contributed by atoms with Gasteiger partial charge < -0.3 is 29.6 Å². The van der Waals surface area contributed by atoms with E-state index in [0.29, 0.717) is 24.5 Å². The molecule has 194 valence electrons. The van der Waals surface area contributed by atoms with Crippen LogP contribution in [-0.4, -0.2) is 64.5 Å². The first kappa shape index (κ1) is 25.5. The zero-order chi connectivity index (χ0) is 25.9. The van der Waals surface area contributed by atoms with Gasteiger partial charge in [0.1, 0.15) is 22.7 Å². The minimum Gasteiger partial charge on any atom is -0.497 e. The third kappa shape index (κ3) is 4.76. The largest absolute Gasteiger partial charge is 0.497 e. The maximum atomic E-state index is 13.7. The van der Waals surface area contributed by atoms with Gasteiger partial charge in [-0.2, -0.15) is 0 Å². The number of hydrogen-bond donors (Lipinski definition) is 2. The van der Waals surface area contributed by atoms with Crippen LogP contribution in [0.2, 0.25) is 0 Å². The average Bonchev–Trinajstić information content (AvgIpc) is 3.54. The topological polar surface area (TPSA) is 115 Å². The zero-order valence-corrected chi connectivity index (χ0v) is 21.4. The normalized spacial score (nSPS) is 19.7. The number of imidazole rings is 1. The van der Waals surface area contributed by atoms with Crippen molar-refractivity contribution in [3.05, 3.63) is 41.5 Å². The maximum Gasteiger partial charge on any atom is 0.273 e. The van der Waals surface area contributed by atoms with E-state index in [4.69, 9.17) is 9.47 Å². The standard InChI is InChI=1S/C26H35N5O5/c1-5-12-31-24(33)22-21(23(32)27-14-17-13-19(35-3)10-11-20(17)36-4)28-16-30(22)15-26(31,2)25(34)29-18-8-6-7-9-18/h10-11,13,16,18H,5-9,12,14-15H2,1-4H3,(H,27,32)(H,29,34). The molecule has 3 amide bonds. The lowest BCUT2D eigenvalue weighted by atomic mass is 9.93. The van der Waals surface area contributed by atoms with Crippen molar-refractivity contribution in [1.82, 2.24) is 25.1 Å². The van der Waals surface area contributed by atoms with Gasteiger partial charge in [-0.3, -0.25) is 14.4 Å². The van der Waals surface area contributed by atoms with Crippen LogP contribution in [0.5, 0.6) is 11.5 Å². The number of methoxy groups -OCH3 is 2. The Morgan fingerprint density at radius 3 is 2.61 bits per heavy atom. The van der Waals surface area contributed by atoms with Crippen LogP contribution in [0.25, 0.3) is 0 Å². The summed E-state index contributed by atoms with van der Waals surface area (Å²) in [6.07, 6.45) is 6.28. The molecule has 1 fully saturated rings. The van der Waals surface area contributed by atoms with E-state index in [-0.39, 0.29) is 42.3 Å². The summed E-state index contributed by atoms with van der Waals surface area (Å²) in [5, 5.41) is 5.99. The number of ether oxygens (including phenoxy) is 2. The number of nitrogens with one attached hydrogen (secondary N) is 2. The van der Waals surface area contributed by atoms with Gasteiger partial charge in [0.25, 0.3) is 11.8 Å². The van der Waals surface area contributed by atoms with Crippen LogP contribution in [0.1, 0.15) is 72.5 Å². The van der Waals surface area contributed by atoms with Crippen LogP contribution in [-0.2, 0) is 17.9 Å². The highest BCUT2D eigenvalue weighted by Crippen LogP contribution is 2.30. The Morgan fingerprint density at radius 2 is 1.94 bits per heavy atom. The van der Waals surface area contributed by atoms with Crippen LogP contribution in [0.15, 0.2) is 24.5 Å². The maximum absolute atomic E-state index is 13.7. The molecule has 1 atom stereocenters. The molecule has 1 unspecified atom stereocenters. The average molecular weight is 498 g/mol. The number of aromatic nitrogens is 2. The smallest absolute Gasteiger partial charge is 0.273 e. The number of nitrogens with zero attached hydrogens (tertiary/aromatic N) is 3. The highest BCUT2D eigenvalue weighted by molar-refractivity contribution is 6.07. The summed E-state index contributed by atoms with van der Waals surface area (Å²) in [5.41, 5.74) is -0.0928. The molecular weight excluding hydrogens is 462 g/mol. The van der Waals surface area contributed by atoms with Crippen LogP contribution in [0.4, 0.5) is 0 Å². The number of carbonyl (C=O) groups excluding carboxylic acids is 3. The van der Waals surface area contributed by atoms with E-state index in [0.717, 1.165) is 31.2 Å². The first-order chi connectivity index (χ1) is 17.3. The number of rotatable bonds is 9. The second-order valence-corrected chi connectivity index (χ2v) is 9.62. The predicted octanol–water partition coefficient (Wildman–Crippen LogP) is 2.51. The van der Waals surface area contributed by atoms with E-state index in [1.54, 1.807) is 48.8 Å². The molecular formula is C26H35N5O5. The summed E-state index contributed by atoms with van der Waals surface area (Å²) >= 11 is 0. The van der Waals surface area contributed by atoms with E-state index < -0.39 is 11.4 Å². The quantitative estimate of drug-likeness (QED) is 0.550. The monoisotopic (exact) mass is 497 g/mol. The Kier molecular flexibility index (Phi) is 7.51. The Hall–Kier alpha value is -3.56. The first-order valence-electron chi connectivity index (χ1n) is 12.5. The molecule has 0 radical (unpaired) electrons. The van der Waals surface area contributed by atoms with Crippen molar-refractivity contribution < 1.29 is 23.9 Å². The Balaban J connectivity index is 1.56.